The van der Waals surface area contributed by atoms with E-state index in [4.69, 9.17) is 27.4 Å². The molecule has 5 nitrogen and oxygen atoms in total. The monoisotopic (exact) mass is 283 g/mol. The molecule has 0 bridgehead atoms. The van der Waals surface area contributed by atoms with E-state index in [1.54, 1.807) is 4.68 Å². The Hall–Kier alpha value is -1.14. The molecule has 0 radical (unpaired) electrons. The molecule has 0 saturated carbocycles. The third-order valence-electron chi connectivity index (χ3n) is 3.35. The number of ether oxygens (including phenoxy) is 2. The van der Waals surface area contributed by atoms with Crippen LogP contribution in [0.5, 0.6) is 5.88 Å². The topological polar surface area (TPSA) is 62.3 Å². The number of hydrogen-bond donors (Lipinski definition) is 1. The van der Waals surface area contributed by atoms with Crippen LogP contribution in [0.2, 0.25) is 0 Å². The first-order valence-electron chi connectivity index (χ1n) is 6.54. The van der Waals surface area contributed by atoms with Crippen molar-refractivity contribution in [3.8, 4) is 5.88 Å². The minimum atomic E-state index is 0.113. The van der Waals surface area contributed by atoms with Gasteiger partial charge < -0.3 is 15.2 Å². The van der Waals surface area contributed by atoms with Gasteiger partial charge in [0.1, 0.15) is 11.1 Å². The second-order valence-electron chi connectivity index (χ2n) is 5.22. The molecule has 2 rings (SSSR count). The van der Waals surface area contributed by atoms with E-state index >= 15 is 0 Å². The van der Waals surface area contributed by atoms with Gasteiger partial charge >= 0.3 is 0 Å². The predicted molar refractivity (Wildman–Crippen MR) is 77.5 cm³/mol. The molecule has 1 fully saturated rings. The van der Waals surface area contributed by atoms with E-state index < -0.39 is 0 Å². The number of aryl methyl sites for hydroxylation is 2. The summed E-state index contributed by atoms with van der Waals surface area (Å²) in [7, 11) is 1.84. The van der Waals surface area contributed by atoms with Crippen molar-refractivity contribution in [3.63, 3.8) is 0 Å². The van der Waals surface area contributed by atoms with E-state index in [1.165, 1.54) is 0 Å². The van der Waals surface area contributed by atoms with Crippen molar-refractivity contribution >= 4 is 17.2 Å². The zero-order valence-corrected chi connectivity index (χ0v) is 12.7. The molecular formula is C13H21N3O2S. The average molecular weight is 283 g/mol. The molecule has 1 aromatic heterocycles. The third kappa shape index (κ3) is 3.06. The quantitative estimate of drug-likeness (QED) is 0.855. The van der Waals surface area contributed by atoms with Gasteiger partial charge in [-0.3, -0.25) is 0 Å². The lowest BCUT2D eigenvalue weighted by Gasteiger charge is -2.32. The standard InChI is InChI=1S/C13H21N3O2S/c1-7-5-10(6-8(2)17-7)18-13-11(12(14)19)9(3)15-16(13)4/h7-8,10H,5-6H2,1-4H3,(H2,14,19). The first-order valence-corrected chi connectivity index (χ1v) is 6.94. The lowest BCUT2D eigenvalue weighted by Crippen LogP contribution is -2.36. The number of aromatic nitrogens is 2. The fourth-order valence-electron chi connectivity index (χ4n) is 2.65. The molecule has 2 heterocycles. The van der Waals surface area contributed by atoms with E-state index in [-0.39, 0.29) is 18.3 Å². The zero-order valence-electron chi connectivity index (χ0n) is 11.8. The third-order valence-corrected chi connectivity index (χ3v) is 3.55. The van der Waals surface area contributed by atoms with Crippen LogP contribution >= 0.6 is 12.2 Å². The van der Waals surface area contributed by atoms with Gasteiger partial charge in [-0.15, -0.1) is 0 Å². The molecule has 0 amide bonds. The molecule has 1 aliphatic heterocycles. The van der Waals surface area contributed by atoms with Gasteiger partial charge in [0.05, 0.1) is 23.5 Å². The molecular weight excluding hydrogens is 262 g/mol. The molecule has 2 atom stereocenters. The van der Waals surface area contributed by atoms with E-state index in [9.17, 15) is 0 Å². The van der Waals surface area contributed by atoms with E-state index in [0.29, 0.717) is 10.9 Å². The Bertz CT molecular complexity index is 476. The molecule has 2 unspecified atom stereocenters. The SMILES string of the molecule is Cc1nn(C)c(OC2CC(C)OC(C)C2)c1C(N)=S. The Morgan fingerprint density at radius 3 is 2.53 bits per heavy atom. The largest absolute Gasteiger partial charge is 0.474 e. The molecule has 106 valence electrons. The fourth-order valence-corrected chi connectivity index (χ4v) is 2.89. The maximum absolute atomic E-state index is 6.09. The van der Waals surface area contributed by atoms with Crippen LogP contribution in [0.3, 0.4) is 0 Å². The van der Waals surface area contributed by atoms with Gasteiger partial charge in [0.15, 0.2) is 0 Å². The molecule has 0 aromatic carbocycles. The Morgan fingerprint density at radius 2 is 2.00 bits per heavy atom. The highest BCUT2D eigenvalue weighted by atomic mass is 32.1. The van der Waals surface area contributed by atoms with Gasteiger partial charge in [-0.1, -0.05) is 12.2 Å². The van der Waals surface area contributed by atoms with Gasteiger partial charge in [0.2, 0.25) is 5.88 Å². The van der Waals surface area contributed by atoms with Crippen molar-refractivity contribution in [2.75, 3.05) is 0 Å². The van der Waals surface area contributed by atoms with Crippen LogP contribution in [0, 0.1) is 6.92 Å². The summed E-state index contributed by atoms with van der Waals surface area (Å²) in [5.74, 6) is 0.663. The number of rotatable bonds is 3. The second kappa shape index (κ2) is 5.46. The van der Waals surface area contributed by atoms with Crippen molar-refractivity contribution in [2.24, 2.45) is 12.8 Å². The normalized spacial score (nSPS) is 27.3. The summed E-state index contributed by atoms with van der Waals surface area (Å²) >= 11 is 5.08. The minimum Gasteiger partial charge on any atom is -0.474 e. The summed E-state index contributed by atoms with van der Waals surface area (Å²) in [6.07, 6.45) is 2.26. The minimum absolute atomic E-state index is 0.113. The van der Waals surface area contributed by atoms with Crippen molar-refractivity contribution in [1.82, 2.24) is 9.78 Å². The van der Waals surface area contributed by atoms with Crippen molar-refractivity contribution < 1.29 is 9.47 Å². The van der Waals surface area contributed by atoms with Crippen LogP contribution in [0.4, 0.5) is 0 Å². The number of hydrogen-bond acceptors (Lipinski definition) is 4. The highest BCUT2D eigenvalue weighted by Gasteiger charge is 2.28. The maximum Gasteiger partial charge on any atom is 0.222 e. The van der Waals surface area contributed by atoms with E-state index in [0.717, 1.165) is 24.1 Å². The molecule has 1 saturated heterocycles. The molecule has 6 heteroatoms. The van der Waals surface area contributed by atoms with Crippen LogP contribution < -0.4 is 10.5 Å². The van der Waals surface area contributed by atoms with Crippen LogP contribution in [-0.4, -0.2) is 33.1 Å². The summed E-state index contributed by atoms with van der Waals surface area (Å²) in [6, 6.07) is 0. The lowest BCUT2D eigenvalue weighted by atomic mass is 10.0. The molecule has 1 aromatic rings. The van der Waals surface area contributed by atoms with E-state index in [1.807, 2.05) is 14.0 Å². The van der Waals surface area contributed by atoms with Gasteiger partial charge in [-0.2, -0.15) is 5.10 Å². The number of nitrogens with two attached hydrogens (primary N) is 1. The fraction of sp³-hybridized carbons (Fsp3) is 0.692. The first-order chi connectivity index (χ1) is 8.88. The summed E-state index contributed by atoms with van der Waals surface area (Å²) in [5.41, 5.74) is 7.31. The average Bonchev–Trinajstić information content (AvgIpc) is 2.52. The van der Waals surface area contributed by atoms with Gasteiger partial charge in [0.25, 0.3) is 0 Å². The Balaban J connectivity index is 2.21. The van der Waals surface area contributed by atoms with Crippen molar-refractivity contribution in [1.29, 1.82) is 0 Å². The molecule has 1 aliphatic rings. The summed E-state index contributed by atoms with van der Waals surface area (Å²) < 4.78 is 13.5. The van der Waals surface area contributed by atoms with E-state index in [2.05, 4.69) is 18.9 Å². The molecule has 0 aliphatic carbocycles. The number of thiocarbonyl (C=S) groups is 1. The first kappa shape index (κ1) is 14.3. The Labute approximate surface area is 119 Å². The Kier molecular flexibility index (Phi) is 4.10. The smallest absolute Gasteiger partial charge is 0.222 e. The van der Waals surface area contributed by atoms with Crippen LogP contribution in [0.25, 0.3) is 0 Å². The summed E-state index contributed by atoms with van der Waals surface area (Å²) in [6.45, 7) is 6.01. The van der Waals surface area contributed by atoms with Crippen molar-refractivity contribution in [3.05, 3.63) is 11.3 Å². The van der Waals surface area contributed by atoms with Gasteiger partial charge in [0, 0.05) is 19.9 Å². The maximum atomic E-state index is 6.09. The zero-order chi connectivity index (χ0) is 14.2. The second-order valence-corrected chi connectivity index (χ2v) is 5.66. The highest BCUT2D eigenvalue weighted by Crippen LogP contribution is 2.27. The van der Waals surface area contributed by atoms with Crippen LogP contribution in [0.15, 0.2) is 0 Å². The molecule has 19 heavy (non-hydrogen) atoms. The Morgan fingerprint density at radius 1 is 1.42 bits per heavy atom. The summed E-state index contributed by atoms with van der Waals surface area (Å²) in [4.78, 5) is 0.328. The molecule has 2 N–H and O–H groups in total. The summed E-state index contributed by atoms with van der Waals surface area (Å²) in [5, 5.41) is 4.33. The lowest BCUT2D eigenvalue weighted by molar-refractivity contribution is -0.0736. The molecule has 0 spiro atoms. The van der Waals surface area contributed by atoms with Crippen LogP contribution in [0.1, 0.15) is 37.9 Å². The van der Waals surface area contributed by atoms with Gasteiger partial charge in [-0.25, -0.2) is 4.68 Å². The highest BCUT2D eigenvalue weighted by molar-refractivity contribution is 7.80. The van der Waals surface area contributed by atoms with Crippen molar-refractivity contribution in [2.45, 2.75) is 51.9 Å². The van der Waals surface area contributed by atoms with Gasteiger partial charge in [-0.05, 0) is 20.8 Å². The predicted octanol–water partition coefficient (Wildman–Crippen LogP) is 1.70. The number of nitrogens with zero attached hydrogens (tertiary/aromatic N) is 2. The van der Waals surface area contributed by atoms with Crippen LogP contribution in [-0.2, 0) is 11.8 Å².